The number of para-hydroxylation sites is 1. The van der Waals surface area contributed by atoms with Crippen LogP contribution < -0.4 is 5.32 Å². The Kier molecular flexibility index (Phi) is 4.58. The summed E-state index contributed by atoms with van der Waals surface area (Å²) in [5, 5.41) is 3.54. The molecule has 3 rings (SSSR count). The lowest BCUT2D eigenvalue weighted by Gasteiger charge is -2.39. The van der Waals surface area contributed by atoms with E-state index in [0.29, 0.717) is 18.7 Å². The van der Waals surface area contributed by atoms with Gasteiger partial charge in [-0.15, -0.1) is 0 Å². The van der Waals surface area contributed by atoms with Crippen LogP contribution in [0, 0.1) is 20.8 Å². The molecule has 0 spiro atoms. The largest absolute Gasteiger partial charge is 0.383 e. The quantitative estimate of drug-likeness (QED) is 0.929. The number of carbonyl (C=O) groups excluding carboxylic acids is 1. The van der Waals surface area contributed by atoms with Crippen molar-refractivity contribution in [3.63, 3.8) is 0 Å². The van der Waals surface area contributed by atoms with Gasteiger partial charge >= 0.3 is 0 Å². The van der Waals surface area contributed by atoms with Crippen molar-refractivity contribution in [2.24, 2.45) is 0 Å². The van der Waals surface area contributed by atoms with E-state index in [0.717, 1.165) is 11.3 Å². The van der Waals surface area contributed by atoms with E-state index < -0.39 is 0 Å². The van der Waals surface area contributed by atoms with Gasteiger partial charge < -0.3 is 15.0 Å². The highest BCUT2D eigenvalue weighted by atomic mass is 16.5. The zero-order valence-electron chi connectivity index (χ0n) is 14.7. The standard InChI is InChI=1S/C20H24N2O2/c1-13-11-15(3)17(12-14(13)2)19-21-18-8-6-5-7-16(18)20(23)22(19)9-10-24-4/h5-8,11-12,19,21H,9-10H2,1-4H3/t19-/m0/s1. The van der Waals surface area contributed by atoms with Crippen molar-refractivity contribution in [2.75, 3.05) is 25.6 Å². The van der Waals surface area contributed by atoms with Crippen molar-refractivity contribution in [1.29, 1.82) is 0 Å². The van der Waals surface area contributed by atoms with E-state index in [1.807, 2.05) is 29.2 Å². The van der Waals surface area contributed by atoms with Gasteiger partial charge in [0.2, 0.25) is 0 Å². The average Bonchev–Trinajstić information content (AvgIpc) is 2.57. The minimum atomic E-state index is -0.179. The zero-order chi connectivity index (χ0) is 17.3. The molecule has 1 heterocycles. The van der Waals surface area contributed by atoms with Gasteiger partial charge in [0, 0.05) is 19.3 Å². The summed E-state index contributed by atoms with van der Waals surface area (Å²) in [6.45, 7) is 7.38. The predicted molar refractivity (Wildman–Crippen MR) is 96.4 cm³/mol. The van der Waals surface area contributed by atoms with Crippen LogP contribution in [0.15, 0.2) is 36.4 Å². The Morgan fingerprint density at radius 3 is 2.54 bits per heavy atom. The Hall–Kier alpha value is -2.33. The van der Waals surface area contributed by atoms with E-state index in [1.54, 1.807) is 7.11 Å². The van der Waals surface area contributed by atoms with Crippen LogP contribution in [-0.4, -0.2) is 31.1 Å². The molecule has 0 aliphatic carbocycles. The maximum atomic E-state index is 13.0. The van der Waals surface area contributed by atoms with Gasteiger partial charge in [0.25, 0.3) is 5.91 Å². The molecule has 1 amide bonds. The molecule has 1 atom stereocenters. The number of benzene rings is 2. The summed E-state index contributed by atoms with van der Waals surface area (Å²) in [4.78, 5) is 14.9. The fraction of sp³-hybridized carbons (Fsp3) is 0.350. The SMILES string of the molecule is COCCN1C(=O)c2ccccc2N[C@@H]1c1cc(C)c(C)cc1C. The molecule has 0 aromatic heterocycles. The number of amides is 1. The van der Waals surface area contributed by atoms with Crippen LogP contribution in [0.3, 0.4) is 0 Å². The average molecular weight is 324 g/mol. The smallest absolute Gasteiger partial charge is 0.257 e. The van der Waals surface area contributed by atoms with Crippen molar-refractivity contribution in [3.05, 3.63) is 64.2 Å². The number of methoxy groups -OCH3 is 1. The topological polar surface area (TPSA) is 41.6 Å². The summed E-state index contributed by atoms with van der Waals surface area (Å²) in [5.41, 5.74) is 6.42. The van der Waals surface area contributed by atoms with E-state index in [1.165, 1.54) is 16.7 Å². The van der Waals surface area contributed by atoms with E-state index in [2.05, 4.69) is 38.2 Å². The number of anilines is 1. The molecule has 0 unspecified atom stereocenters. The van der Waals surface area contributed by atoms with Crippen LogP contribution in [0.1, 0.15) is 38.8 Å². The number of rotatable bonds is 4. The molecule has 2 aromatic rings. The van der Waals surface area contributed by atoms with Gasteiger partial charge in [-0.2, -0.15) is 0 Å². The maximum Gasteiger partial charge on any atom is 0.257 e. The molecule has 0 saturated carbocycles. The monoisotopic (exact) mass is 324 g/mol. The molecule has 0 bridgehead atoms. The second-order valence-electron chi connectivity index (χ2n) is 6.38. The highest BCUT2D eigenvalue weighted by Crippen LogP contribution is 2.34. The van der Waals surface area contributed by atoms with Crippen molar-refractivity contribution < 1.29 is 9.53 Å². The fourth-order valence-corrected chi connectivity index (χ4v) is 3.24. The number of fused-ring (bicyclic) bond motifs is 1. The lowest BCUT2D eigenvalue weighted by atomic mass is 9.96. The summed E-state index contributed by atoms with van der Waals surface area (Å²) in [7, 11) is 1.66. The first-order chi connectivity index (χ1) is 11.5. The molecule has 0 fully saturated rings. The lowest BCUT2D eigenvalue weighted by molar-refractivity contribution is 0.0609. The van der Waals surface area contributed by atoms with Crippen LogP contribution in [0.2, 0.25) is 0 Å². The Labute approximate surface area is 143 Å². The van der Waals surface area contributed by atoms with Crippen molar-refractivity contribution in [2.45, 2.75) is 26.9 Å². The molecule has 2 aromatic carbocycles. The summed E-state index contributed by atoms with van der Waals surface area (Å²) in [5.74, 6) is 0.0454. The second-order valence-corrected chi connectivity index (χ2v) is 6.38. The summed E-state index contributed by atoms with van der Waals surface area (Å²) >= 11 is 0. The number of ether oxygens (including phenoxy) is 1. The van der Waals surface area contributed by atoms with Gasteiger partial charge in [-0.1, -0.05) is 24.3 Å². The predicted octanol–water partition coefficient (Wildman–Crippen LogP) is 3.82. The van der Waals surface area contributed by atoms with Gasteiger partial charge in [-0.3, -0.25) is 4.79 Å². The molecule has 4 nitrogen and oxygen atoms in total. The van der Waals surface area contributed by atoms with E-state index >= 15 is 0 Å². The number of carbonyl (C=O) groups is 1. The highest BCUT2D eigenvalue weighted by molar-refractivity contribution is 6.01. The minimum Gasteiger partial charge on any atom is -0.383 e. The van der Waals surface area contributed by atoms with E-state index in [4.69, 9.17) is 4.74 Å². The molecule has 1 aliphatic heterocycles. The van der Waals surface area contributed by atoms with Crippen molar-refractivity contribution in [1.82, 2.24) is 4.90 Å². The van der Waals surface area contributed by atoms with Crippen molar-refractivity contribution in [3.8, 4) is 0 Å². The number of nitrogens with one attached hydrogen (secondary N) is 1. The molecule has 0 radical (unpaired) electrons. The molecule has 126 valence electrons. The number of hydrogen-bond donors (Lipinski definition) is 1. The first-order valence-electron chi connectivity index (χ1n) is 8.26. The Morgan fingerprint density at radius 1 is 1.08 bits per heavy atom. The van der Waals surface area contributed by atoms with Crippen LogP contribution in [0.25, 0.3) is 0 Å². The second kappa shape index (κ2) is 6.65. The van der Waals surface area contributed by atoms with Crippen molar-refractivity contribution >= 4 is 11.6 Å². The molecular weight excluding hydrogens is 300 g/mol. The third-order valence-electron chi connectivity index (χ3n) is 4.74. The summed E-state index contributed by atoms with van der Waals surface area (Å²) < 4.78 is 5.22. The van der Waals surface area contributed by atoms with Crippen LogP contribution in [0.5, 0.6) is 0 Å². The third kappa shape index (κ3) is 2.89. The first kappa shape index (κ1) is 16.5. The minimum absolute atomic E-state index is 0.0454. The molecular formula is C20H24N2O2. The van der Waals surface area contributed by atoms with Crippen LogP contribution in [0.4, 0.5) is 5.69 Å². The molecule has 24 heavy (non-hydrogen) atoms. The lowest BCUT2D eigenvalue weighted by Crippen LogP contribution is -2.44. The van der Waals surface area contributed by atoms with Gasteiger partial charge in [0.05, 0.1) is 12.2 Å². The normalized spacial score (nSPS) is 16.8. The molecule has 1 N–H and O–H groups in total. The summed E-state index contributed by atoms with van der Waals surface area (Å²) in [6.07, 6.45) is -0.179. The van der Waals surface area contributed by atoms with Gasteiger partial charge in [-0.25, -0.2) is 0 Å². The number of aryl methyl sites for hydroxylation is 3. The molecule has 4 heteroatoms. The first-order valence-corrected chi connectivity index (χ1v) is 8.26. The van der Waals surface area contributed by atoms with Gasteiger partial charge in [0.15, 0.2) is 0 Å². The Bertz CT molecular complexity index is 770. The van der Waals surface area contributed by atoms with Crippen LogP contribution in [-0.2, 0) is 4.74 Å². The van der Waals surface area contributed by atoms with E-state index in [-0.39, 0.29) is 12.1 Å². The number of hydrogen-bond acceptors (Lipinski definition) is 3. The number of nitrogens with zero attached hydrogens (tertiary/aromatic N) is 1. The van der Waals surface area contributed by atoms with Gasteiger partial charge in [0.1, 0.15) is 6.17 Å². The Morgan fingerprint density at radius 2 is 1.79 bits per heavy atom. The highest BCUT2D eigenvalue weighted by Gasteiger charge is 2.33. The zero-order valence-corrected chi connectivity index (χ0v) is 14.7. The molecule has 1 aliphatic rings. The summed E-state index contributed by atoms with van der Waals surface area (Å²) in [6, 6.07) is 12.1. The maximum absolute atomic E-state index is 13.0. The van der Waals surface area contributed by atoms with Crippen LogP contribution >= 0.6 is 0 Å². The Balaban J connectivity index is 2.07. The molecule has 0 saturated heterocycles. The fourth-order valence-electron chi connectivity index (χ4n) is 3.24. The third-order valence-corrected chi connectivity index (χ3v) is 4.74. The van der Waals surface area contributed by atoms with Gasteiger partial charge in [-0.05, 0) is 55.2 Å². The van der Waals surface area contributed by atoms with E-state index in [9.17, 15) is 4.79 Å².